The Hall–Kier alpha value is -2.07. The van der Waals surface area contributed by atoms with Crippen LogP contribution in [0.4, 0.5) is 18.9 Å². The molecule has 0 fully saturated rings. The van der Waals surface area contributed by atoms with Gasteiger partial charge in [-0.25, -0.2) is 4.98 Å². The lowest BCUT2D eigenvalue weighted by Crippen LogP contribution is -2.08. The molecule has 1 aromatic heterocycles. The number of hydrogen-bond donors (Lipinski definition) is 1. The summed E-state index contributed by atoms with van der Waals surface area (Å²) in [6.45, 7) is 0.302. The van der Waals surface area contributed by atoms with Gasteiger partial charge in [0, 0.05) is 22.9 Å². The summed E-state index contributed by atoms with van der Waals surface area (Å²) in [5.41, 5.74) is 0.639. The minimum Gasteiger partial charge on any atom is -0.381 e. The Morgan fingerprint density at radius 2 is 2.00 bits per heavy atom. The van der Waals surface area contributed by atoms with Crippen LogP contribution in [0.3, 0.4) is 0 Å². The van der Waals surface area contributed by atoms with Gasteiger partial charge in [0.2, 0.25) is 0 Å². The standard InChI is InChI=1S/C14H9BrF3N3/c15-13-2-1-10(6-12(13)14(16,17)18)21-8-9-3-4-20-11(5-9)7-19/h1-6,21H,8H2. The lowest BCUT2D eigenvalue weighted by atomic mass is 10.2. The number of nitriles is 1. The van der Waals surface area contributed by atoms with Gasteiger partial charge in [-0.3, -0.25) is 0 Å². The molecule has 3 nitrogen and oxygen atoms in total. The summed E-state index contributed by atoms with van der Waals surface area (Å²) in [7, 11) is 0. The summed E-state index contributed by atoms with van der Waals surface area (Å²) in [4.78, 5) is 3.83. The van der Waals surface area contributed by atoms with Gasteiger partial charge in [-0.05, 0) is 35.9 Å². The van der Waals surface area contributed by atoms with E-state index >= 15 is 0 Å². The van der Waals surface area contributed by atoms with E-state index in [1.165, 1.54) is 12.3 Å². The molecule has 108 valence electrons. The molecule has 7 heteroatoms. The van der Waals surface area contributed by atoms with E-state index in [-0.39, 0.29) is 10.2 Å². The van der Waals surface area contributed by atoms with Crippen molar-refractivity contribution in [3.63, 3.8) is 0 Å². The largest absolute Gasteiger partial charge is 0.417 e. The predicted octanol–water partition coefficient (Wildman–Crippen LogP) is 4.35. The third kappa shape index (κ3) is 3.95. The number of rotatable bonds is 3. The number of nitrogens with zero attached hydrogens (tertiary/aromatic N) is 2. The highest BCUT2D eigenvalue weighted by atomic mass is 79.9. The van der Waals surface area contributed by atoms with E-state index in [1.54, 1.807) is 18.2 Å². The average molecular weight is 356 g/mol. The number of hydrogen-bond acceptors (Lipinski definition) is 3. The molecule has 0 saturated carbocycles. The zero-order valence-corrected chi connectivity index (χ0v) is 12.2. The van der Waals surface area contributed by atoms with E-state index in [1.807, 2.05) is 6.07 Å². The Bertz CT molecular complexity index is 693. The second-order valence-corrected chi connectivity index (χ2v) is 5.06. The van der Waals surface area contributed by atoms with Crippen molar-refractivity contribution in [2.24, 2.45) is 0 Å². The maximum absolute atomic E-state index is 12.8. The van der Waals surface area contributed by atoms with Crippen molar-refractivity contribution in [3.8, 4) is 6.07 Å². The molecule has 0 aliphatic carbocycles. The van der Waals surface area contributed by atoms with Crippen molar-refractivity contribution in [1.29, 1.82) is 5.26 Å². The van der Waals surface area contributed by atoms with Gasteiger partial charge in [-0.15, -0.1) is 0 Å². The predicted molar refractivity (Wildman–Crippen MR) is 75.4 cm³/mol. The minimum absolute atomic E-state index is 0.00349. The summed E-state index contributed by atoms with van der Waals surface area (Å²) >= 11 is 2.89. The molecule has 0 spiro atoms. The SMILES string of the molecule is N#Cc1cc(CNc2ccc(Br)c(C(F)(F)F)c2)ccn1. The summed E-state index contributed by atoms with van der Waals surface area (Å²) in [6.07, 6.45) is -2.93. The maximum Gasteiger partial charge on any atom is 0.417 e. The number of alkyl halides is 3. The van der Waals surface area contributed by atoms with Crippen LogP contribution in [0.25, 0.3) is 0 Å². The first-order valence-electron chi connectivity index (χ1n) is 5.86. The Labute approximate surface area is 127 Å². The Kier molecular flexibility index (Phi) is 4.48. The van der Waals surface area contributed by atoms with Crippen LogP contribution in [0, 0.1) is 11.3 Å². The molecule has 0 radical (unpaired) electrons. The highest BCUT2D eigenvalue weighted by Crippen LogP contribution is 2.36. The van der Waals surface area contributed by atoms with Crippen molar-refractivity contribution in [3.05, 3.63) is 57.8 Å². The average Bonchev–Trinajstić information content (AvgIpc) is 2.45. The molecule has 1 N–H and O–H groups in total. The zero-order chi connectivity index (χ0) is 15.5. The van der Waals surface area contributed by atoms with Crippen LogP contribution in [0.2, 0.25) is 0 Å². The first-order chi connectivity index (χ1) is 9.90. The second-order valence-electron chi connectivity index (χ2n) is 4.21. The molecule has 2 aromatic rings. The Balaban J connectivity index is 2.15. The first kappa shape index (κ1) is 15.3. The van der Waals surface area contributed by atoms with Gasteiger partial charge >= 0.3 is 6.18 Å². The first-order valence-corrected chi connectivity index (χ1v) is 6.65. The summed E-state index contributed by atoms with van der Waals surface area (Å²) < 4.78 is 38.4. The van der Waals surface area contributed by atoms with E-state index < -0.39 is 11.7 Å². The molecule has 0 saturated heterocycles. The highest BCUT2D eigenvalue weighted by Gasteiger charge is 2.33. The maximum atomic E-state index is 12.8. The van der Waals surface area contributed by atoms with Crippen molar-refractivity contribution in [1.82, 2.24) is 4.98 Å². The number of halogens is 4. The van der Waals surface area contributed by atoms with Crippen LogP contribution >= 0.6 is 15.9 Å². The van der Waals surface area contributed by atoms with Gasteiger partial charge in [-0.2, -0.15) is 18.4 Å². The van der Waals surface area contributed by atoms with Crippen LogP contribution < -0.4 is 5.32 Å². The van der Waals surface area contributed by atoms with E-state index in [4.69, 9.17) is 5.26 Å². The van der Waals surface area contributed by atoms with Crippen LogP contribution in [0.1, 0.15) is 16.8 Å². The van der Waals surface area contributed by atoms with Crippen LogP contribution in [0.5, 0.6) is 0 Å². The second kappa shape index (κ2) is 6.14. The normalized spacial score (nSPS) is 11.0. The number of anilines is 1. The molecule has 1 heterocycles. The highest BCUT2D eigenvalue weighted by molar-refractivity contribution is 9.10. The molecule has 2 rings (SSSR count). The molecule has 0 bridgehead atoms. The van der Waals surface area contributed by atoms with Crippen molar-refractivity contribution in [2.45, 2.75) is 12.7 Å². The molecule has 0 amide bonds. The van der Waals surface area contributed by atoms with Gasteiger partial charge in [0.05, 0.1) is 5.56 Å². The fourth-order valence-electron chi connectivity index (χ4n) is 1.70. The molecule has 21 heavy (non-hydrogen) atoms. The van der Waals surface area contributed by atoms with Crippen LogP contribution in [-0.2, 0) is 12.7 Å². The lowest BCUT2D eigenvalue weighted by molar-refractivity contribution is -0.138. The molecular weight excluding hydrogens is 347 g/mol. The summed E-state index contributed by atoms with van der Waals surface area (Å²) in [6, 6.07) is 9.11. The summed E-state index contributed by atoms with van der Waals surface area (Å²) in [5, 5.41) is 11.6. The van der Waals surface area contributed by atoms with E-state index in [2.05, 4.69) is 26.2 Å². The fourth-order valence-corrected chi connectivity index (χ4v) is 2.17. The van der Waals surface area contributed by atoms with Crippen molar-refractivity contribution >= 4 is 21.6 Å². The smallest absolute Gasteiger partial charge is 0.381 e. The van der Waals surface area contributed by atoms with Crippen molar-refractivity contribution < 1.29 is 13.2 Å². The van der Waals surface area contributed by atoms with Gasteiger partial charge < -0.3 is 5.32 Å². The topological polar surface area (TPSA) is 48.7 Å². The third-order valence-corrected chi connectivity index (χ3v) is 3.40. The number of benzene rings is 1. The third-order valence-electron chi connectivity index (χ3n) is 2.71. The fraction of sp³-hybridized carbons (Fsp3) is 0.143. The summed E-state index contributed by atoms with van der Waals surface area (Å²) in [5.74, 6) is 0. The molecule has 1 aromatic carbocycles. The van der Waals surface area contributed by atoms with E-state index in [0.29, 0.717) is 12.2 Å². The number of aromatic nitrogens is 1. The van der Waals surface area contributed by atoms with Gasteiger partial charge in [-0.1, -0.05) is 15.9 Å². The van der Waals surface area contributed by atoms with Crippen molar-refractivity contribution in [2.75, 3.05) is 5.32 Å². The molecular formula is C14H9BrF3N3. The molecule has 0 aliphatic rings. The van der Waals surface area contributed by atoms with E-state index in [9.17, 15) is 13.2 Å². The molecule has 0 aliphatic heterocycles. The lowest BCUT2D eigenvalue weighted by Gasteiger charge is -2.12. The van der Waals surface area contributed by atoms with Gasteiger partial charge in [0.25, 0.3) is 0 Å². The number of nitrogens with one attached hydrogen (secondary N) is 1. The quantitative estimate of drug-likeness (QED) is 0.890. The van der Waals surface area contributed by atoms with Gasteiger partial charge in [0.1, 0.15) is 11.8 Å². The Morgan fingerprint density at radius 3 is 2.67 bits per heavy atom. The van der Waals surface area contributed by atoms with Crippen LogP contribution in [0.15, 0.2) is 41.0 Å². The zero-order valence-electron chi connectivity index (χ0n) is 10.6. The molecule has 0 unspecified atom stereocenters. The number of pyridine rings is 1. The Morgan fingerprint density at radius 1 is 1.24 bits per heavy atom. The van der Waals surface area contributed by atoms with E-state index in [0.717, 1.165) is 11.6 Å². The minimum atomic E-state index is -4.42. The van der Waals surface area contributed by atoms with Crippen LogP contribution in [-0.4, -0.2) is 4.98 Å². The molecule has 0 atom stereocenters. The van der Waals surface area contributed by atoms with Gasteiger partial charge in [0.15, 0.2) is 0 Å². The monoisotopic (exact) mass is 355 g/mol.